The van der Waals surface area contributed by atoms with Crippen molar-refractivity contribution in [2.24, 2.45) is 0 Å². The molecule has 0 aliphatic rings. The van der Waals surface area contributed by atoms with Crippen molar-refractivity contribution >= 4 is 17.5 Å². The van der Waals surface area contributed by atoms with Crippen LogP contribution in [0.25, 0.3) is 0 Å². The predicted molar refractivity (Wildman–Crippen MR) is 85.6 cm³/mol. The Morgan fingerprint density at radius 1 is 1.26 bits per heavy atom. The molecule has 0 bridgehead atoms. The number of carbonyl (C=O) groups excluding carboxylic acids is 1. The summed E-state index contributed by atoms with van der Waals surface area (Å²) in [6.07, 6.45) is -0.817. The van der Waals surface area contributed by atoms with Gasteiger partial charge in [-0.15, -0.1) is 0 Å². The van der Waals surface area contributed by atoms with E-state index in [0.717, 1.165) is 0 Å². The highest BCUT2D eigenvalue weighted by Gasteiger charge is 2.23. The number of carbonyl (C=O) groups is 1. The van der Waals surface area contributed by atoms with Gasteiger partial charge in [-0.05, 0) is 23.3 Å². The molecule has 0 radical (unpaired) electrons. The van der Waals surface area contributed by atoms with E-state index in [9.17, 15) is 14.3 Å². The van der Waals surface area contributed by atoms with Crippen LogP contribution in [0.3, 0.4) is 0 Å². The topological polar surface area (TPSA) is 58.6 Å². The lowest BCUT2D eigenvalue weighted by Crippen LogP contribution is -2.35. The number of ether oxygens (including phenoxy) is 1. The number of rotatable bonds is 6. The van der Waals surface area contributed by atoms with E-state index in [4.69, 9.17) is 16.3 Å². The molecular formula is C17H17ClFNO3. The van der Waals surface area contributed by atoms with Crippen molar-refractivity contribution in [3.63, 3.8) is 0 Å². The second-order valence-corrected chi connectivity index (χ2v) is 5.35. The van der Waals surface area contributed by atoms with Gasteiger partial charge in [-0.25, -0.2) is 4.39 Å². The average molecular weight is 338 g/mol. The van der Waals surface area contributed by atoms with Crippen LogP contribution >= 0.6 is 11.6 Å². The van der Waals surface area contributed by atoms with Crippen LogP contribution < -0.4 is 5.32 Å². The van der Waals surface area contributed by atoms with Gasteiger partial charge in [0.25, 0.3) is 5.91 Å². The number of benzene rings is 2. The number of aliphatic hydroxyl groups excluding tert-OH is 1. The Bertz CT molecular complexity index is 666. The van der Waals surface area contributed by atoms with Crippen LogP contribution in [-0.4, -0.2) is 24.7 Å². The average Bonchev–Trinajstić information content (AvgIpc) is 2.57. The molecule has 0 aromatic heterocycles. The molecule has 122 valence electrons. The molecule has 2 rings (SSSR count). The van der Waals surface area contributed by atoms with Crippen molar-refractivity contribution < 1.29 is 19.0 Å². The van der Waals surface area contributed by atoms with E-state index >= 15 is 0 Å². The van der Waals surface area contributed by atoms with E-state index in [1.54, 1.807) is 30.3 Å². The van der Waals surface area contributed by atoms with Gasteiger partial charge in [0.15, 0.2) is 6.10 Å². The SMILES string of the molecule is CO[C@H](C(=O)N[C@H](CO)c1ccc(Cl)c(F)c1)c1ccccc1. The Hall–Kier alpha value is -1.95. The number of amides is 1. The van der Waals surface area contributed by atoms with Crippen LogP contribution in [0.15, 0.2) is 48.5 Å². The molecule has 0 spiro atoms. The van der Waals surface area contributed by atoms with Crippen molar-refractivity contribution in [1.29, 1.82) is 0 Å². The molecule has 0 heterocycles. The molecule has 6 heteroatoms. The molecule has 4 nitrogen and oxygen atoms in total. The minimum atomic E-state index is -0.817. The maximum Gasteiger partial charge on any atom is 0.254 e. The van der Waals surface area contributed by atoms with Crippen LogP contribution in [0.1, 0.15) is 23.3 Å². The first-order valence-electron chi connectivity index (χ1n) is 7.00. The van der Waals surface area contributed by atoms with Crippen molar-refractivity contribution in [2.45, 2.75) is 12.1 Å². The number of nitrogens with one attached hydrogen (secondary N) is 1. The summed E-state index contributed by atoms with van der Waals surface area (Å²) in [5, 5.41) is 12.1. The molecular weight excluding hydrogens is 321 g/mol. The molecule has 2 aromatic rings. The molecule has 23 heavy (non-hydrogen) atoms. The summed E-state index contributed by atoms with van der Waals surface area (Å²) in [5.74, 6) is -1.03. The molecule has 0 fully saturated rings. The first-order valence-corrected chi connectivity index (χ1v) is 7.38. The zero-order valence-corrected chi connectivity index (χ0v) is 13.3. The van der Waals surface area contributed by atoms with Crippen molar-refractivity contribution in [1.82, 2.24) is 5.32 Å². The lowest BCUT2D eigenvalue weighted by Gasteiger charge is -2.21. The van der Waals surface area contributed by atoms with Crippen molar-refractivity contribution in [2.75, 3.05) is 13.7 Å². The van der Waals surface area contributed by atoms with E-state index in [1.807, 2.05) is 6.07 Å². The minimum Gasteiger partial charge on any atom is -0.394 e. The van der Waals surface area contributed by atoms with Gasteiger partial charge in [0.2, 0.25) is 0 Å². The van der Waals surface area contributed by atoms with Gasteiger partial charge in [0, 0.05) is 7.11 Å². The highest BCUT2D eigenvalue weighted by Crippen LogP contribution is 2.22. The van der Waals surface area contributed by atoms with E-state index in [1.165, 1.54) is 19.2 Å². The Labute approximate surface area is 138 Å². The standard InChI is InChI=1S/C17H17ClFNO3/c1-23-16(11-5-3-2-4-6-11)17(22)20-15(10-21)12-7-8-13(18)14(19)9-12/h2-9,15-16,21H,10H2,1H3,(H,20,22)/t15-,16+/m1/s1. The number of hydrogen-bond donors (Lipinski definition) is 2. The van der Waals surface area contributed by atoms with Gasteiger partial charge in [-0.1, -0.05) is 48.0 Å². The van der Waals surface area contributed by atoms with Crippen LogP contribution in [0.2, 0.25) is 5.02 Å². The smallest absolute Gasteiger partial charge is 0.254 e. The van der Waals surface area contributed by atoms with Crippen LogP contribution in [-0.2, 0) is 9.53 Å². The second-order valence-electron chi connectivity index (χ2n) is 4.94. The number of halogens is 2. The fourth-order valence-electron chi connectivity index (χ4n) is 2.23. The Balaban J connectivity index is 2.17. The highest BCUT2D eigenvalue weighted by atomic mass is 35.5. The molecule has 0 aliphatic carbocycles. The maximum absolute atomic E-state index is 13.6. The maximum atomic E-state index is 13.6. The Morgan fingerprint density at radius 2 is 1.96 bits per heavy atom. The van der Waals surface area contributed by atoms with Crippen LogP contribution in [0.4, 0.5) is 4.39 Å². The predicted octanol–water partition coefficient (Wildman–Crippen LogP) is 3.02. The molecule has 0 saturated carbocycles. The Morgan fingerprint density at radius 3 is 2.52 bits per heavy atom. The monoisotopic (exact) mass is 337 g/mol. The van der Waals surface area contributed by atoms with Gasteiger partial charge >= 0.3 is 0 Å². The third-order valence-electron chi connectivity index (χ3n) is 3.42. The molecule has 2 N–H and O–H groups in total. The molecule has 1 amide bonds. The number of aliphatic hydroxyl groups is 1. The third kappa shape index (κ3) is 4.28. The fourth-order valence-corrected chi connectivity index (χ4v) is 2.35. The van der Waals surface area contributed by atoms with Gasteiger partial charge in [-0.2, -0.15) is 0 Å². The summed E-state index contributed by atoms with van der Waals surface area (Å²) >= 11 is 5.64. The van der Waals surface area contributed by atoms with Gasteiger partial charge in [0.1, 0.15) is 5.82 Å². The zero-order chi connectivity index (χ0) is 16.8. The van der Waals surface area contributed by atoms with E-state index in [2.05, 4.69) is 5.32 Å². The third-order valence-corrected chi connectivity index (χ3v) is 3.73. The number of hydrogen-bond acceptors (Lipinski definition) is 3. The Kier molecular flexibility index (Phi) is 6.10. The van der Waals surface area contributed by atoms with Crippen LogP contribution in [0.5, 0.6) is 0 Å². The van der Waals surface area contributed by atoms with Crippen molar-refractivity contribution in [3.8, 4) is 0 Å². The largest absolute Gasteiger partial charge is 0.394 e. The van der Waals surface area contributed by atoms with E-state index in [0.29, 0.717) is 11.1 Å². The molecule has 2 atom stereocenters. The fraction of sp³-hybridized carbons (Fsp3) is 0.235. The normalized spacial score (nSPS) is 13.4. The molecule has 0 saturated heterocycles. The molecule has 0 unspecified atom stereocenters. The first kappa shape index (κ1) is 17.4. The van der Waals surface area contributed by atoms with E-state index < -0.39 is 23.9 Å². The number of methoxy groups -OCH3 is 1. The van der Waals surface area contributed by atoms with Gasteiger partial charge in [0.05, 0.1) is 17.7 Å². The van der Waals surface area contributed by atoms with Gasteiger partial charge < -0.3 is 15.2 Å². The molecule has 2 aromatic carbocycles. The summed E-state index contributed by atoms with van der Waals surface area (Å²) in [6.45, 7) is -0.377. The highest BCUT2D eigenvalue weighted by molar-refractivity contribution is 6.30. The lowest BCUT2D eigenvalue weighted by molar-refractivity contribution is -0.132. The lowest BCUT2D eigenvalue weighted by atomic mass is 10.1. The van der Waals surface area contributed by atoms with Crippen molar-refractivity contribution in [3.05, 3.63) is 70.5 Å². The first-order chi connectivity index (χ1) is 11.1. The van der Waals surface area contributed by atoms with Gasteiger partial charge in [-0.3, -0.25) is 4.79 Å². The summed E-state index contributed by atoms with van der Waals surface area (Å²) in [5.41, 5.74) is 1.11. The second kappa shape index (κ2) is 8.06. The molecule has 0 aliphatic heterocycles. The minimum absolute atomic E-state index is 0.0178. The van der Waals surface area contributed by atoms with E-state index in [-0.39, 0.29) is 11.6 Å². The quantitative estimate of drug-likeness (QED) is 0.852. The summed E-state index contributed by atoms with van der Waals surface area (Å²) in [4.78, 5) is 12.4. The summed E-state index contributed by atoms with van der Waals surface area (Å²) in [6, 6.07) is 12.3. The summed E-state index contributed by atoms with van der Waals surface area (Å²) < 4.78 is 18.8. The summed E-state index contributed by atoms with van der Waals surface area (Å²) in [7, 11) is 1.42. The zero-order valence-electron chi connectivity index (χ0n) is 12.5. The van der Waals surface area contributed by atoms with Crippen LogP contribution in [0, 0.1) is 5.82 Å².